The summed E-state index contributed by atoms with van der Waals surface area (Å²) in [5.74, 6) is 1.00. The molecule has 0 saturated heterocycles. The molecule has 21 heavy (non-hydrogen) atoms. The van der Waals surface area contributed by atoms with Gasteiger partial charge in [0, 0.05) is 31.7 Å². The molecule has 4 heteroatoms. The van der Waals surface area contributed by atoms with Gasteiger partial charge in [0.1, 0.15) is 12.4 Å². The first-order chi connectivity index (χ1) is 10.1. The quantitative estimate of drug-likeness (QED) is 0.632. The molecule has 1 N–H and O–H groups in total. The van der Waals surface area contributed by atoms with Crippen molar-refractivity contribution in [3.63, 3.8) is 0 Å². The average Bonchev–Trinajstić information content (AvgIpc) is 2.47. The van der Waals surface area contributed by atoms with Gasteiger partial charge in [-0.15, -0.1) is 0 Å². The summed E-state index contributed by atoms with van der Waals surface area (Å²) in [5.41, 5.74) is 1.24. The Hall–Kier alpha value is -1.10. The molecule has 0 aliphatic carbocycles. The van der Waals surface area contributed by atoms with E-state index in [9.17, 15) is 0 Å². The van der Waals surface area contributed by atoms with Gasteiger partial charge in [-0.25, -0.2) is 0 Å². The van der Waals surface area contributed by atoms with Crippen LogP contribution in [-0.2, 0) is 6.54 Å². The Kier molecular flexibility index (Phi) is 9.06. The van der Waals surface area contributed by atoms with E-state index in [0.29, 0.717) is 0 Å². The van der Waals surface area contributed by atoms with Crippen molar-refractivity contribution < 1.29 is 4.74 Å². The Morgan fingerprint density at radius 3 is 2.52 bits per heavy atom. The van der Waals surface area contributed by atoms with Gasteiger partial charge >= 0.3 is 0 Å². The Bertz CT molecular complexity index is 382. The zero-order chi connectivity index (χ0) is 15.5. The second-order valence-corrected chi connectivity index (χ2v) is 5.74. The van der Waals surface area contributed by atoms with Crippen LogP contribution in [0.15, 0.2) is 24.3 Å². The number of hydrogen-bond acceptors (Lipinski definition) is 4. The summed E-state index contributed by atoms with van der Waals surface area (Å²) in [6.45, 7) is 7.92. The molecule has 1 rings (SSSR count). The Morgan fingerprint density at radius 2 is 1.81 bits per heavy atom. The molecule has 0 fully saturated rings. The molecule has 4 nitrogen and oxygen atoms in total. The van der Waals surface area contributed by atoms with Crippen molar-refractivity contribution in [1.82, 2.24) is 15.1 Å². The van der Waals surface area contributed by atoms with Crippen molar-refractivity contribution in [2.45, 2.75) is 19.9 Å². The first-order valence-corrected chi connectivity index (χ1v) is 7.88. The largest absolute Gasteiger partial charge is 0.492 e. The highest BCUT2D eigenvalue weighted by Gasteiger charge is 2.04. The molecule has 0 atom stereocenters. The lowest BCUT2D eigenvalue weighted by molar-refractivity contribution is 0.221. The monoisotopic (exact) mass is 293 g/mol. The fourth-order valence-corrected chi connectivity index (χ4v) is 1.98. The highest BCUT2D eigenvalue weighted by atomic mass is 16.5. The Morgan fingerprint density at radius 1 is 1.05 bits per heavy atom. The van der Waals surface area contributed by atoms with Crippen LogP contribution in [0.4, 0.5) is 0 Å². The smallest absolute Gasteiger partial charge is 0.123 e. The molecule has 1 aromatic carbocycles. The molecule has 0 amide bonds. The molecule has 1 aromatic rings. The molecule has 120 valence electrons. The predicted octanol–water partition coefficient (Wildman–Crippen LogP) is 2.06. The molecule has 0 unspecified atom stereocenters. The van der Waals surface area contributed by atoms with Gasteiger partial charge in [0.25, 0.3) is 0 Å². The SMILES string of the molecule is CCCNCc1ccccc1OCCN(C)CCN(C)C. The van der Waals surface area contributed by atoms with Gasteiger partial charge < -0.3 is 19.9 Å². The van der Waals surface area contributed by atoms with Crippen molar-refractivity contribution in [3.8, 4) is 5.75 Å². The van der Waals surface area contributed by atoms with Crippen LogP contribution in [-0.4, -0.2) is 63.7 Å². The normalized spacial score (nSPS) is 11.3. The fourth-order valence-electron chi connectivity index (χ4n) is 1.98. The van der Waals surface area contributed by atoms with Crippen LogP contribution in [0.5, 0.6) is 5.75 Å². The highest BCUT2D eigenvalue weighted by molar-refractivity contribution is 5.33. The maximum Gasteiger partial charge on any atom is 0.123 e. The molecule has 0 aromatic heterocycles. The third-order valence-electron chi connectivity index (χ3n) is 3.37. The van der Waals surface area contributed by atoms with Gasteiger partial charge in [-0.2, -0.15) is 0 Å². The van der Waals surface area contributed by atoms with Crippen LogP contribution in [0.2, 0.25) is 0 Å². The predicted molar refractivity (Wildman–Crippen MR) is 90.0 cm³/mol. The summed E-state index contributed by atoms with van der Waals surface area (Å²) >= 11 is 0. The molecule has 0 aliphatic heterocycles. The van der Waals surface area contributed by atoms with E-state index in [1.807, 2.05) is 6.07 Å². The van der Waals surface area contributed by atoms with E-state index in [0.717, 1.165) is 51.5 Å². The van der Waals surface area contributed by atoms with Gasteiger partial charge in [-0.1, -0.05) is 25.1 Å². The molecule has 0 aliphatic rings. The lowest BCUT2D eigenvalue weighted by Crippen LogP contribution is -2.31. The van der Waals surface area contributed by atoms with Crippen LogP contribution in [0.1, 0.15) is 18.9 Å². The molecular weight excluding hydrogens is 262 g/mol. The van der Waals surface area contributed by atoms with Gasteiger partial charge in [0.15, 0.2) is 0 Å². The molecule has 0 saturated carbocycles. The number of nitrogens with one attached hydrogen (secondary N) is 1. The van der Waals surface area contributed by atoms with Gasteiger partial charge in [-0.3, -0.25) is 0 Å². The Balaban J connectivity index is 2.33. The zero-order valence-corrected chi connectivity index (χ0v) is 14.1. The molecule has 0 radical (unpaired) electrons. The van der Waals surface area contributed by atoms with E-state index < -0.39 is 0 Å². The van der Waals surface area contributed by atoms with E-state index in [2.05, 4.69) is 61.4 Å². The summed E-state index contributed by atoms with van der Waals surface area (Å²) in [6.07, 6.45) is 1.15. The lowest BCUT2D eigenvalue weighted by atomic mass is 10.2. The summed E-state index contributed by atoms with van der Waals surface area (Å²) in [6, 6.07) is 8.30. The molecule has 0 bridgehead atoms. The van der Waals surface area contributed by atoms with Crippen LogP contribution >= 0.6 is 0 Å². The summed E-state index contributed by atoms with van der Waals surface area (Å²) in [7, 11) is 6.34. The highest BCUT2D eigenvalue weighted by Crippen LogP contribution is 2.17. The van der Waals surface area contributed by atoms with Gasteiger partial charge in [0.2, 0.25) is 0 Å². The minimum atomic E-state index is 0.731. The molecular formula is C17H31N3O. The second kappa shape index (κ2) is 10.6. The number of benzene rings is 1. The van der Waals surface area contributed by atoms with Crippen molar-refractivity contribution in [2.75, 3.05) is 53.9 Å². The number of likely N-dealkylation sites (N-methyl/N-ethyl adjacent to an activating group) is 2. The topological polar surface area (TPSA) is 27.7 Å². The fraction of sp³-hybridized carbons (Fsp3) is 0.647. The number of rotatable bonds is 11. The van der Waals surface area contributed by atoms with E-state index in [4.69, 9.17) is 4.74 Å². The van der Waals surface area contributed by atoms with Crippen molar-refractivity contribution in [1.29, 1.82) is 0 Å². The second-order valence-electron chi connectivity index (χ2n) is 5.74. The van der Waals surface area contributed by atoms with Crippen molar-refractivity contribution >= 4 is 0 Å². The minimum Gasteiger partial charge on any atom is -0.492 e. The van der Waals surface area contributed by atoms with E-state index in [1.165, 1.54) is 5.56 Å². The van der Waals surface area contributed by atoms with E-state index >= 15 is 0 Å². The summed E-state index contributed by atoms with van der Waals surface area (Å²) in [4.78, 5) is 4.50. The number of ether oxygens (including phenoxy) is 1. The van der Waals surface area contributed by atoms with E-state index in [1.54, 1.807) is 0 Å². The van der Waals surface area contributed by atoms with Crippen LogP contribution in [0.3, 0.4) is 0 Å². The number of hydrogen-bond donors (Lipinski definition) is 1. The Labute approximate surface area is 130 Å². The summed E-state index contributed by atoms with van der Waals surface area (Å²) < 4.78 is 5.95. The lowest BCUT2D eigenvalue weighted by Gasteiger charge is -2.20. The zero-order valence-electron chi connectivity index (χ0n) is 14.1. The number of nitrogens with zero attached hydrogens (tertiary/aromatic N) is 2. The van der Waals surface area contributed by atoms with Crippen molar-refractivity contribution in [2.24, 2.45) is 0 Å². The maximum absolute atomic E-state index is 5.95. The van der Waals surface area contributed by atoms with E-state index in [-0.39, 0.29) is 0 Å². The molecule has 0 heterocycles. The first-order valence-electron chi connectivity index (χ1n) is 7.88. The third kappa shape index (κ3) is 8.05. The molecule has 0 spiro atoms. The van der Waals surface area contributed by atoms with Crippen LogP contribution in [0.25, 0.3) is 0 Å². The van der Waals surface area contributed by atoms with Gasteiger partial charge in [0.05, 0.1) is 0 Å². The standard InChI is InChI=1S/C17H31N3O/c1-5-10-18-15-16-8-6-7-9-17(16)21-14-13-20(4)12-11-19(2)3/h6-9,18H,5,10-15H2,1-4H3. The van der Waals surface area contributed by atoms with Crippen LogP contribution in [0, 0.1) is 0 Å². The number of para-hydroxylation sites is 1. The maximum atomic E-state index is 5.95. The first kappa shape index (κ1) is 18.0. The average molecular weight is 293 g/mol. The minimum absolute atomic E-state index is 0.731. The third-order valence-corrected chi connectivity index (χ3v) is 3.37. The van der Waals surface area contributed by atoms with Gasteiger partial charge in [-0.05, 0) is 40.2 Å². The van der Waals surface area contributed by atoms with Crippen LogP contribution < -0.4 is 10.1 Å². The van der Waals surface area contributed by atoms with Crippen molar-refractivity contribution in [3.05, 3.63) is 29.8 Å². The summed E-state index contributed by atoms with van der Waals surface area (Å²) in [5, 5.41) is 3.43.